The van der Waals surface area contributed by atoms with Gasteiger partial charge in [0.2, 0.25) is 0 Å². The third-order valence-corrected chi connectivity index (χ3v) is 4.00. The summed E-state index contributed by atoms with van der Waals surface area (Å²) in [4.78, 5) is 0. The summed E-state index contributed by atoms with van der Waals surface area (Å²) in [5, 5.41) is 0. The van der Waals surface area contributed by atoms with E-state index < -0.39 is 13.4 Å². The third kappa shape index (κ3) is 6.54. The van der Waals surface area contributed by atoms with E-state index in [-0.39, 0.29) is 12.4 Å². The smallest absolute Gasteiger partial charge is 0.318 e. The van der Waals surface area contributed by atoms with Crippen molar-refractivity contribution < 1.29 is 13.6 Å². The summed E-state index contributed by atoms with van der Waals surface area (Å²) < 4.78 is 22.4. The highest BCUT2D eigenvalue weighted by atomic mass is 35.5. The molecule has 0 saturated heterocycles. The van der Waals surface area contributed by atoms with Crippen LogP contribution in [0.2, 0.25) is 0 Å². The molecule has 0 spiro atoms. The SMILES string of the molecule is CCOP(=O)(OCC)C(N)CC(C)C.Cl. The van der Waals surface area contributed by atoms with Crippen LogP contribution in [0.1, 0.15) is 34.1 Å². The predicted molar refractivity (Wildman–Crippen MR) is 65.5 cm³/mol. The quantitative estimate of drug-likeness (QED) is 0.714. The van der Waals surface area contributed by atoms with Crippen molar-refractivity contribution in [2.45, 2.75) is 39.9 Å². The van der Waals surface area contributed by atoms with Gasteiger partial charge in [0, 0.05) is 0 Å². The lowest BCUT2D eigenvalue weighted by atomic mass is 10.1. The lowest BCUT2D eigenvalue weighted by molar-refractivity contribution is 0.209. The molecule has 0 aliphatic rings. The molecular formula is C9H23ClNO3P. The van der Waals surface area contributed by atoms with Crippen LogP contribution in [-0.4, -0.2) is 19.0 Å². The molecule has 6 heteroatoms. The molecule has 0 aromatic carbocycles. The molecule has 0 aliphatic carbocycles. The van der Waals surface area contributed by atoms with E-state index in [2.05, 4.69) is 0 Å². The van der Waals surface area contributed by atoms with Gasteiger partial charge in [-0.1, -0.05) is 13.8 Å². The van der Waals surface area contributed by atoms with Crippen molar-refractivity contribution in [3.8, 4) is 0 Å². The Morgan fingerprint density at radius 3 is 1.87 bits per heavy atom. The first kappa shape index (κ1) is 17.8. The zero-order valence-electron chi connectivity index (χ0n) is 9.93. The minimum atomic E-state index is -3.09. The molecule has 94 valence electrons. The van der Waals surface area contributed by atoms with E-state index in [9.17, 15) is 4.57 Å². The Balaban J connectivity index is 0. The van der Waals surface area contributed by atoms with Gasteiger partial charge < -0.3 is 14.8 Å². The van der Waals surface area contributed by atoms with Gasteiger partial charge in [-0.2, -0.15) is 0 Å². The Hall–Kier alpha value is 0.400. The highest BCUT2D eigenvalue weighted by Gasteiger charge is 2.32. The molecule has 1 atom stereocenters. The molecule has 0 rings (SSSR count). The lowest BCUT2D eigenvalue weighted by Gasteiger charge is -2.24. The van der Waals surface area contributed by atoms with E-state index in [0.717, 1.165) is 0 Å². The monoisotopic (exact) mass is 259 g/mol. The van der Waals surface area contributed by atoms with Crippen LogP contribution in [0.25, 0.3) is 0 Å². The molecule has 0 radical (unpaired) electrons. The Morgan fingerprint density at radius 2 is 1.60 bits per heavy atom. The zero-order chi connectivity index (χ0) is 11.2. The maximum atomic E-state index is 12.1. The molecule has 0 heterocycles. The number of halogens is 1. The van der Waals surface area contributed by atoms with E-state index in [1.54, 1.807) is 13.8 Å². The highest BCUT2D eigenvalue weighted by molar-refractivity contribution is 7.54. The van der Waals surface area contributed by atoms with Gasteiger partial charge >= 0.3 is 7.60 Å². The fourth-order valence-corrected chi connectivity index (χ4v) is 3.06. The second-order valence-corrected chi connectivity index (χ2v) is 5.83. The maximum absolute atomic E-state index is 12.1. The van der Waals surface area contributed by atoms with Crippen molar-refractivity contribution in [3.63, 3.8) is 0 Å². The standard InChI is InChI=1S/C9H22NO3P.ClH/c1-5-12-14(11,13-6-2)9(10)7-8(3)4;/h8-9H,5-7,10H2,1-4H3;1H. The molecule has 0 bridgehead atoms. The molecule has 0 aliphatic heterocycles. The van der Waals surface area contributed by atoms with Gasteiger partial charge in [0.05, 0.1) is 13.2 Å². The number of hydrogen-bond acceptors (Lipinski definition) is 4. The van der Waals surface area contributed by atoms with Crippen molar-refractivity contribution >= 4 is 20.0 Å². The summed E-state index contributed by atoms with van der Waals surface area (Å²) in [7, 11) is -3.09. The van der Waals surface area contributed by atoms with Crippen molar-refractivity contribution in [2.75, 3.05) is 13.2 Å². The van der Waals surface area contributed by atoms with Crippen LogP contribution in [0.3, 0.4) is 0 Å². The summed E-state index contributed by atoms with van der Waals surface area (Å²) >= 11 is 0. The molecular weight excluding hydrogens is 237 g/mol. The van der Waals surface area contributed by atoms with Crippen LogP contribution in [0.15, 0.2) is 0 Å². The Bertz CT molecular complexity index is 192. The van der Waals surface area contributed by atoms with E-state index >= 15 is 0 Å². The van der Waals surface area contributed by atoms with E-state index in [4.69, 9.17) is 14.8 Å². The van der Waals surface area contributed by atoms with Crippen LogP contribution < -0.4 is 5.73 Å². The van der Waals surface area contributed by atoms with Crippen molar-refractivity contribution in [1.82, 2.24) is 0 Å². The average molecular weight is 260 g/mol. The summed E-state index contributed by atoms with van der Waals surface area (Å²) in [5.41, 5.74) is 5.81. The molecule has 0 saturated carbocycles. The molecule has 1 unspecified atom stereocenters. The molecule has 4 nitrogen and oxygen atoms in total. The topological polar surface area (TPSA) is 61.5 Å². The van der Waals surface area contributed by atoms with Gasteiger partial charge in [-0.25, -0.2) is 0 Å². The molecule has 0 amide bonds. The fourth-order valence-electron chi connectivity index (χ4n) is 1.20. The molecule has 0 fully saturated rings. The van der Waals surface area contributed by atoms with Crippen molar-refractivity contribution in [1.29, 1.82) is 0 Å². The predicted octanol–water partition coefficient (Wildman–Crippen LogP) is 3.01. The van der Waals surface area contributed by atoms with Crippen LogP contribution >= 0.6 is 20.0 Å². The summed E-state index contributed by atoms with van der Waals surface area (Å²) in [5.74, 6) is -0.123. The fraction of sp³-hybridized carbons (Fsp3) is 1.00. The maximum Gasteiger partial charge on any atom is 0.347 e. The first-order valence-corrected chi connectivity index (χ1v) is 6.71. The molecule has 0 aromatic rings. The van der Waals surface area contributed by atoms with Gasteiger partial charge in [-0.3, -0.25) is 4.57 Å². The summed E-state index contributed by atoms with van der Waals surface area (Å²) in [6.45, 7) is 8.36. The lowest BCUT2D eigenvalue weighted by Crippen LogP contribution is -2.24. The van der Waals surface area contributed by atoms with E-state index in [1.165, 1.54) is 0 Å². The van der Waals surface area contributed by atoms with Crippen LogP contribution in [0.4, 0.5) is 0 Å². The first-order valence-electron chi connectivity index (χ1n) is 5.10. The third-order valence-electron chi connectivity index (χ3n) is 1.74. The molecule has 0 aromatic heterocycles. The van der Waals surface area contributed by atoms with E-state index in [0.29, 0.717) is 25.6 Å². The second kappa shape index (κ2) is 8.54. The van der Waals surface area contributed by atoms with Crippen LogP contribution in [0.5, 0.6) is 0 Å². The van der Waals surface area contributed by atoms with Gasteiger partial charge in [0.25, 0.3) is 0 Å². The minimum Gasteiger partial charge on any atom is -0.318 e. The van der Waals surface area contributed by atoms with Crippen LogP contribution in [0, 0.1) is 5.92 Å². The second-order valence-electron chi connectivity index (χ2n) is 3.57. The zero-order valence-corrected chi connectivity index (χ0v) is 11.6. The van der Waals surface area contributed by atoms with Gasteiger partial charge in [-0.05, 0) is 26.2 Å². The Kier molecular flexibility index (Phi) is 10.1. The normalized spacial score (nSPS) is 13.7. The highest BCUT2D eigenvalue weighted by Crippen LogP contribution is 2.52. The number of hydrogen-bond donors (Lipinski definition) is 1. The van der Waals surface area contributed by atoms with Crippen molar-refractivity contribution in [2.24, 2.45) is 11.7 Å². The van der Waals surface area contributed by atoms with Gasteiger partial charge in [0.15, 0.2) is 0 Å². The van der Waals surface area contributed by atoms with Gasteiger partial charge in [-0.15, -0.1) is 12.4 Å². The summed E-state index contributed by atoms with van der Waals surface area (Å²) in [6, 6.07) is 0. The molecule has 15 heavy (non-hydrogen) atoms. The van der Waals surface area contributed by atoms with E-state index in [1.807, 2.05) is 13.8 Å². The van der Waals surface area contributed by atoms with Gasteiger partial charge in [0.1, 0.15) is 5.78 Å². The largest absolute Gasteiger partial charge is 0.347 e. The summed E-state index contributed by atoms with van der Waals surface area (Å²) in [6.07, 6.45) is 0.650. The average Bonchev–Trinajstić information content (AvgIpc) is 2.03. The Morgan fingerprint density at radius 1 is 1.20 bits per heavy atom. The minimum absolute atomic E-state index is 0. The van der Waals surface area contributed by atoms with Crippen molar-refractivity contribution in [3.05, 3.63) is 0 Å². The number of nitrogens with two attached hydrogens (primary N) is 1. The molecule has 2 N–H and O–H groups in total. The first-order chi connectivity index (χ1) is 6.46. The number of rotatable bonds is 7. The van der Waals surface area contributed by atoms with Crippen LogP contribution in [-0.2, 0) is 13.6 Å². The Labute approximate surface area is 98.8 Å².